The molecule has 0 radical (unpaired) electrons. The number of ketones is 1. The number of aromatic nitrogens is 1. The number of nitrogens with zero attached hydrogens (tertiary/aromatic N) is 2. The minimum atomic E-state index is -0.655. The second-order valence-electron chi connectivity index (χ2n) is 6.20. The van der Waals surface area contributed by atoms with Crippen molar-refractivity contribution in [3.05, 3.63) is 73.2 Å². The van der Waals surface area contributed by atoms with Gasteiger partial charge in [0.1, 0.15) is 11.6 Å². The SMILES string of the molecule is Cc1c(C(=O)c2cccs2)c(O)n(Cc2ccc3c(c2)OCO3)c(=O)c1C#N. The van der Waals surface area contributed by atoms with Gasteiger partial charge in [-0.05, 0) is 41.6 Å². The van der Waals surface area contributed by atoms with Gasteiger partial charge in [0.2, 0.25) is 18.5 Å². The van der Waals surface area contributed by atoms with E-state index in [-0.39, 0.29) is 30.0 Å². The molecule has 0 saturated carbocycles. The van der Waals surface area contributed by atoms with Gasteiger partial charge < -0.3 is 14.6 Å². The molecule has 0 aliphatic carbocycles. The number of hydrogen-bond donors (Lipinski definition) is 1. The third-order valence-corrected chi connectivity index (χ3v) is 5.42. The Kier molecular flexibility index (Phi) is 4.37. The number of carbonyl (C=O) groups is 1. The lowest BCUT2D eigenvalue weighted by Gasteiger charge is -2.15. The maximum Gasteiger partial charge on any atom is 0.271 e. The molecule has 4 rings (SSSR count). The molecule has 28 heavy (non-hydrogen) atoms. The van der Waals surface area contributed by atoms with Crippen LogP contribution in [0.25, 0.3) is 0 Å². The van der Waals surface area contributed by atoms with Crippen molar-refractivity contribution in [2.45, 2.75) is 13.5 Å². The quantitative estimate of drug-likeness (QED) is 0.683. The highest BCUT2D eigenvalue weighted by molar-refractivity contribution is 7.12. The van der Waals surface area contributed by atoms with E-state index in [4.69, 9.17) is 9.47 Å². The van der Waals surface area contributed by atoms with Gasteiger partial charge in [-0.25, -0.2) is 0 Å². The molecule has 1 aromatic carbocycles. The standard InChI is InChI=1S/C20H14N2O5S/c1-11-13(8-21)19(24)22(9-12-4-5-14-15(7-12)27-10-26-14)20(25)17(11)18(23)16-3-2-6-28-16/h2-7,25H,9-10H2,1H3. The highest BCUT2D eigenvalue weighted by Gasteiger charge is 2.25. The van der Waals surface area contributed by atoms with Crippen LogP contribution in [0, 0.1) is 18.3 Å². The molecule has 8 heteroatoms. The van der Waals surface area contributed by atoms with Crippen LogP contribution in [-0.2, 0) is 6.54 Å². The molecule has 1 N–H and O–H groups in total. The second-order valence-corrected chi connectivity index (χ2v) is 7.14. The molecule has 0 bridgehead atoms. The molecular weight excluding hydrogens is 380 g/mol. The predicted octanol–water partition coefficient (Wildman–Crippen LogP) is 2.80. The average molecular weight is 394 g/mol. The van der Waals surface area contributed by atoms with Crippen LogP contribution in [0.5, 0.6) is 17.4 Å². The Bertz CT molecular complexity index is 1190. The summed E-state index contributed by atoms with van der Waals surface area (Å²) in [6.45, 7) is 1.58. The van der Waals surface area contributed by atoms with E-state index in [0.29, 0.717) is 21.9 Å². The Balaban J connectivity index is 1.85. The normalized spacial score (nSPS) is 12.0. The van der Waals surface area contributed by atoms with Gasteiger partial charge in [-0.2, -0.15) is 5.26 Å². The van der Waals surface area contributed by atoms with E-state index in [2.05, 4.69) is 0 Å². The Morgan fingerprint density at radius 1 is 1.32 bits per heavy atom. The molecule has 0 fully saturated rings. The fourth-order valence-electron chi connectivity index (χ4n) is 3.12. The number of carbonyl (C=O) groups excluding carboxylic acids is 1. The second kappa shape index (κ2) is 6.87. The molecule has 140 valence electrons. The first-order valence-corrected chi connectivity index (χ1v) is 9.22. The molecule has 7 nitrogen and oxygen atoms in total. The minimum Gasteiger partial charge on any atom is -0.494 e. The van der Waals surface area contributed by atoms with E-state index in [1.165, 1.54) is 18.3 Å². The van der Waals surface area contributed by atoms with Gasteiger partial charge in [0.15, 0.2) is 11.5 Å². The number of benzene rings is 1. The van der Waals surface area contributed by atoms with Crippen LogP contribution < -0.4 is 15.0 Å². The number of nitriles is 1. The van der Waals surface area contributed by atoms with Gasteiger partial charge in [-0.3, -0.25) is 14.2 Å². The van der Waals surface area contributed by atoms with Gasteiger partial charge in [-0.15, -0.1) is 11.3 Å². The number of pyridine rings is 1. The fourth-order valence-corrected chi connectivity index (χ4v) is 3.79. The van der Waals surface area contributed by atoms with E-state index >= 15 is 0 Å². The highest BCUT2D eigenvalue weighted by atomic mass is 32.1. The number of thiophene rings is 1. The van der Waals surface area contributed by atoms with Crippen molar-refractivity contribution in [3.63, 3.8) is 0 Å². The Morgan fingerprint density at radius 2 is 2.11 bits per heavy atom. The number of aromatic hydroxyl groups is 1. The lowest BCUT2D eigenvalue weighted by Crippen LogP contribution is -2.27. The van der Waals surface area contributed by atoms with Crippen molar-refractivity contribution >= 4 is 17.1 Å². The molecule has 1 aliphatic heterocycles. The third-order valence-electron chi connectivity index (χ3n) is 4.55. The topological polar surface area (TPSA) is 102 Å². The monoisotopic (exact) mass is 394 g/mol. The predicted molar refractivity (Wildman–Crippen MR) is 101 cm³/mol. The number of ether oxygens (including phenoxy) is 2. The van der Waals surface area contributed by atoms with E-state index in [9.17, 15) is 20.0 Å². The molecule has 3 heterocycles. The number of hydrogen-bond acceptors (Lipinski definition) is 7. The summed E-state index contributed by atoms with van der Waals surface area (Å²) in [4.78, 5) is 26.0. The molecule has 0 saturated heterocycles. The molecule has 0 atom stereocenters. The summed E-state index contributed by atoms with van der Waals surface area (Å²) in [6.07, 6.45) is 0. The summed E-state index contributed by atoms with van der Waals surface area (Å²) in [5.74, 6) is 0.238. The van der Waals surface area contributed by atoms with Crippen LogP contribution in [0.3, 0.4) is 0 Å². The summed E-state index contributed by atoms with van der Waals surface area (Å²) in [5.41, 5.74) is -0.0371. The van der Waals surface area contributed by atoms with Crippen molar-refractivity contribution in [1.82, 2.24) is 4.57 Å². The minimum absolute atomic E-state index is 0.0268. The van der Waals surface area contributed by atoms with E-state index in [1.807, 2.05) is 6.07 Å². The highest BCUT2D eigenvalue weighted by Crippen LogP contribution is 2.33. The Hall–Kier alpha value is -3.57. The van der Waals surface area contributed by atoms with Gasteiger partial charge in [0.25, 0.3) is 5.56 Å². The maximum absolute atomic E-state index is 12.9. The van der Waals surface area contributed by atoms with Gasteiger partial charge in [0, 0.05) is 0 Å². The first-order chi connectivity index (χ1) is 13.5. The third kappa shape index (κ3) is 2.82. The van der Waals surface area contributed by atoms with E-state index < -0.39 is 17.2 Å². The van der Waals surface area contributed by atoms with Crippen LogP contribution in [-0.4, -0.2) is 22.2 Å². The first kappa shape index (κ1) is 17.8. The molecule has 0 spiro atoms. The molecular formula is C20H14N2O5S. The number of rotatable bonds is 4. The van der Waals surface area contributed by atoms with Gasteiger partial charge >= 0.3 is 0 Å². The van der Waals surface area contributed by atoms with Crippen molar-refractivity contribution in [2.75, 3.05) is 6.79 Å². The van der Waals surface area contributed by atoms with Crippen LogP contribution in [0.1, 0.15) is 31.9 Å². The smallest absolute Gasteiger partial charge is 0.271 e. The summed E-state index contributed by atoms with van der Waals surface area (Å²) in [6, 6.07) is 10.3. The average Bonchev–Trinajstić information content (AvgIpc) is 3.36. The summed E-state index contributed by atoms with van der Waals surface area (Å²) in [7, 11) is 0. The zero-order valence-electron chi connectivity index (χ0n) is 14.8. The molecule has 0 unspecified atom stereocenters. The van der Waals surface area contributed by atoms with E-state index in [1.54, 1.807) is 35.7 Å². The number of fused-ring (bicyclic) bond motifs is 1. The lowest BCUT2D eigenvalue weighted by molar-refractivity contribution is 0.103. The summed E-state index contributed by atoms with van der Waals surface area (Å²) < 4.78 is 11.6. The zero-order valence-corrected chi connectivity index (χ0v) is 15.6. The molecule has 2 aromatic heterocycles. The Labute approximate surface area is 163 Å². The lowest BCUT2D eigenvalue weighted by atomic mass is 10.0. The van der Waals surface area contributed by atoms with Crippen LogP contribution >= 0.6 is 11.3 Å². The van der Waals surface area contributed by atoms with Crippen LogP contribution in [0.4, 0.5) is 0 Å². The van der Waals surface area contributed by atoms with Crippen LogP contribution in [0.15, 0.2) is 40.5 Å². The summed E-state index contributed by atoms with van der Waals surface area (Å²) >= 11 is 1.22. The van der Waals surface area contributed by atoms with Gasteiger partial charge in [0.05, 0.1) is 17.0 Å². The van der Waals surface area contributed by atoms with Crippen molar-refractivity contribution in [1.29, 1.82) is 5.26 Å². The molecule has 3 aromatic rings. The Morgan fingerprint density at radius 3 is 2.82 bits per heavy atom. The van der Waals surface area contributed by atoms with Crippen LogP contribution in [0.2, 0.25) is 0 Å². The molecule has 1 aliphatic rings. The first-order valence-electron chi connectivity index (χ1n) is 8.34. The van der Waals surface area contributed by atoms with E-state index in [0.717, 1.165) is 4.57 Å². The maximum atomic E-state index is 12.9. The van der Waals surface area contributed by atoms with Crippen molar-refractivity contribution in [2.24, 2.45) is 0 Å². The van der Waals surface area contributed by atoms with Crippen molar-refractivity contribution < 1.29 is 19.4 Å². The molecule has 0 amide bonds. The zero-order chi connectivity index (χ0) is 19.8. The van der Waals surface area contributed by atoms with Gasteiger partial charge in [-0.1, -0.05) is 12.1 Å². The largest absolute Gasteiger partial charge is 0.494 e. The van der Waals surface area contributed by atoms with Crippen molar-refractivity contribution in [3.8, 4) is 23.4 Å². The fraction of sp³-hybridized carbons (Fsp3) is 0.150. The summed E-state index contributed by atoms with van der Waals surface area (Å²) in [5, 5.41) is 22.0.